The fraction of sp³-hybridized carbons (Fsp3) is 0.300. The number of carbonyl (C=O) groups is 1. The van der Waals surface area contributed by atoms with E-state index in [2.05, 4.69) is 34.6 Å². The smallest absolute Gasteiger partial charge is 0.287 e. The maximum absolute atomic E-state index is 12.6. The molecule has 0 unspecified atom stereocenters. The van der Waals surface area contributed by atoms with Crippen LogP contribution in [0.2, 0.25) is 0 Å². The highest BCUT2D eigenvalue weighted by atomic mass is 16.3. The highest BCUT2D eigenvalue weighted by Gasteiger charge is 2.54. The van der Waals surface area contributed by atoms with Crippen molar-refractivity contribution in [2.45, 2.75) is 31.7 Å². The van der Waals surface area contributed by atoms with E-state index < -0.39 is 0 Å². The van der Waals surface area contributed by atoms with Gasteiger partial charge in [0, 0.05) is 23.7 Å². The van der Waals surface area contributed by atoms with Gasteiger partial charge in [0.1, 0.15) is 5.52 Å². The van der Waals surface area contributed by atoms with E-state index >= 15 is 0 Å². The molecule has 4 nitrogen and oxygen atoms in total. The molecule has 2 aliphatic rings. The molecule has 24 heavy (non-hydrogen) atoms. The second kappa shape index (κ2) is 4.94. The van der Waals surface area contributed by atoms with Gasteiger partial charge >= 0.3 is 0 Å². The highest BCUT2D eigenvalue weighted by molar-refractivity contribution is 5.95. The van der Waals surface area contributed by atoms with Crippen LogP contribution in [0, 0.1) is 12.8 Å². The van der Waals surface area contributed by atoms with Gasteiger partial charge in [-0.05, 0) is 48.9 Å². The number of nitrogens with zero attached hydrogens (tertiary/aromatic N) is 1. The van der Waals surface area contributed by atoms with E-state index in [1.807, 2.05) is 19.1 Å². The molecule has 0 aliphatic heterocycles. The van der Waals surface area contributed by atoms with Gasteiger partial charge in [-0.1, -0.05) is 24.3 Å². The molecule has 1 amide bonds. The Morgan fingerprint density at radius 3 is 3.04 bits per heavy atom. The van der Waals surface area contributed by atoms with Crippen molar-refractivity contribution in [3.05, 3.63) is 65.0 Å². The van der Waals surface area contributed by atoms with Crippen LogP contribution in [0.3, 0.4) is 0 Å². The SMILES string of the molecule is Cc1ccc2oc(C(=O)N[C@@H]3[C@@H]4CCc5ccccc5[C@@H]43)cc2n1. The number of carbonyl (C=O) groups excluding carboxylic acids is 1. The summed E-state index contributed by atoms with van der Waals surface area (Å²) in [4.78, 5) is 17.0. The van der Waals surface area contributed by atoms with Gasteiger partial charge in [-0.3, -0.25) is 4.79 Å². The van der Waals surface area contributed by atoms with Gasteiger partial charge in [-0.15, -0.1) is 0 Å². The lowest BCUT2D eigenvalue weighted by atomic mass is 9.92. The molecule has 0 spiro atoms. The first-order valence-electron chi connectivity index (χ1n) is 8.46. The second-order valence-electron chi connectivity index (χ2n) is 6.87. The van der Waals surface area contributed by atoms with Crippen LogP contribution >= 0.6 is 0 Å². The number of nitrogens with one attached hydrogen (secondary N) is 1. The summed E-state index contributed by atoms with van der Waals surface area (Å²) in [5, 5.41) is 3.17. The third-order valence-corrected chi connectivity index (χ3v) is 5.36. The highest BCUT2D eigenvalue weighted by Crippen LogP contribution is 2.54. The topological polar surface area (TPSA) is 55.1 Å². The minimum absolute atomic E-state index is 0.137. The molecule has 5 rings (SSSR count). The van der Waals surface area contributed by atoms with Crippen molar-refractivity contribution in [1.29, 1.82) is 0 Å². The maximum atomic E-state index is 12.6. The first-order valence-corrected chi connectivity index (χ1v) is 8.46. The molecule has 2 aliphatic carbocycles. The average Bonchev–Trinajstić information content (AvgIpc) is 3.12. The van der Waals surface area contributed by atoms with Gasteiger partial charge < -0.3 is 9.73 Å². The monoisotopic (exact) mass is 318 g/mol. The Morgan fingerprint density at radius 2 is 2.12 bits per heavy atom. The van der Waals surface area contributed by atoms with Crippen LogP contribution in [0.5, 0.6) is 0 Å². The summed E-state index contributed by atoms with van der Waals surface area (Å²) in [6.07, 6.45) is 2.26. The number of amides is 1. The summed E-state index contributed by atoms with van der Waals surface area (Å²) in [6.45, 7) is 1.93. The first kappa shape index (κ1) is 13.8. The minimum atomic E-state index is -0.137. The Hall–Kier alpha value is -2.62. The van der Waals surface area contributed by atoms with Crippen molar-refractivity contribution in [1.82, 2.24) is 10.3 Å². The summed E-state index contributed by atoms with van der Waals surface area (Å²) in [5.41, 5.74) is 5.14. The van der Waals surface area contributed by atoms with Crippen LogP contribution in [0.25, 0.3) is 11.1 Å². The molecular weight excluding hydrogens is 300 g/mol. The fourth-order valence-electron chi connectivity index (χ4n) is 4.12. The quantitative estimate of drug-likeness (QED) is 0.785. The van der Waals surface area contributed by atoms with Crippen LogP contribution in [0.15, 0.2) is 46.9 Å². The van der Waals surface area contributed by atoms with E-state index in [9.17, 15) is 4.79 Å². The average molecular weight is 318 g/mol. The summed E-state index contributed by atoms with van der Waals surface area (Å²) in [6, 6.07) is 14.3. The van der Waals surface area contributed by atoms with E-state index in [-0.39, 0.29) is 11.9 Å². The minimum Gasteiger partial charge on any atom is -0.449 e. The molecule has 120 valence electrons. The number of hydrogen-bond donors (Lipinski definition) is 1. The van der Waals surface area contributed by atoms with Crippen molar-refractivity contribution in [3.63, 3.8) is 0 Å². The number of aromatic nitrogens is 1. The Morgan fingerprint density at radius 1 is 1.25 bits per heavy atom. The predicted molar refractivity (Wildman–Crippen MR) is 91.0 cm³/mol. The molecule has 0 bridgehead atoms. The number of fused-ring (bicyclic) bond motifs is 4. The Kier molecular flexibility index (Phi) is 2.84. The molecule has 1 fully saturated rings. The molecule has 3 atom stereocenters. The standard InChI is InChI=1S/C20H18N2O2/c1-11-6-9-16-15(21-11)10-17(24-16)20(23)22-19-14-8-7-12-4-2-3-5-13(12)18(14)19/h2-6,9-10,14,18-19H,7-8H2,1H3,(H,22,23)/t14-,18+,19-/m1/s1. The third kappa shape index (κ3) is 2.06. The predicted octanol–water partition coefficient (Wildman–Crippen LogP) is 3.59. The van der Waals surface area contributed by atoms with Crippen molar-refractivity contribution in [3.8, 4) is 0 Å². The molecule has 1 aromatic carbocycles. The lowest BCUT2D eigenvalue weighted by Gasteiger charge is -2.13. The van der Waals surface area contributed by atoms with Gasteiger partial charge in [0.15, 0.2) is 11.3 Å². The fourth-order valence-corrected chi connectivity index (χ4v) is 4.12. The van der Waals surface area contributed by atoms with Gasteiger partial charge in [0.2, 0.25) is 0 Å². The maximum Gasteiger partial charge on any atom is 0.287 e. The van der Waals surface area contributed by atoms with E-state index in [4.69, 9.17) is 4.42 Å². The Labute approximate surface area is 139 Å². The molecule has 1 N–H and O–H groups in total. The van der Waals surface area contributed by atoms with E-state index in [1.165, 1.54) is 11.1 Å². The molecule has 3 aromatic rings. The number of aryl methyl sites for hydroxylation is 2. The molecule has 0 saturated heterocycles. The molecule has 0 radical (unpaired) electrons. The number of furan rings is 1. The van der Waals surface area contributed by atoms with E-state index in [0.29, 0.717) is 23.2 Å². The zero-order chi connectivity index (χ0) is 16.3. The summed E-state index contributed by atoms with van der Waals surface area (Å²) >= 11 is 0. The molecular formula is C20H18N2O2. The third-order valence-electron chi connectivity index (χ3n) is 5.36. The van der Waals surface area contributed by atoms with Crippen LogP contribution < -0.4 is 5.32 Å². The van der Waals surface area contributed by atoms with Gasteiger partial charge in [0.25, 0.3) is 5.91 Å². The zero-order valence-electron chi connectivity index (χ0n) is 13.5. The van der Waals surface area contributed by atoms with Crippen LogP contribution in [0.4, 0.5) is 0 Å². The van der Waals surface area contributed by atoms with Gasteiger partial charge in [-0.25, -0.2) is 4.98 Å². The number of hydrogen-bond acceptors (Lipinski definition) is 3. The lowest BCUT2D eigenvalue weighted by molar-refractivity contribution is 0.0923. The Balaban J connectivity index is 1.38. The summed E-state index contributed by atoms with van der Waals surface area (Å²) < 4.78 is 5.66. The van der Waals surface area contributed by atoms with E-state index in [1.54, 1.807) is 6.07 Å². The zero-order valence-corrected chi connectivity index (χ0v) is 13.5. The summed E-state index contributed by atoms with van der Waals surface area (Å²) in [7, 11) is 0. The number of pyridine rings is 1. The van der Waals surface area contributed by atoms with Crippen molar-refractivity contribution < 1.29 is 9.21 Å². The van der Waals surface area contributed by atoms with Gasteiger partial charge in [0.05, 0.1) is 0 Å². The van der Waals surface area contributed by atoms with E-state index in [0.717, 1.165) is 24.1 Å². The normalized spacial score (nSPS) is 24.3. The number of rotatable bonds is 2. The first-order chi connectivity index (χ1) is 11.7. The van der Waals surface area contributed by atoms with Crippen LogP contribution in [-0.2, 0) is 6.42 Å². The second-order valence-corrected chi connectivity index (χ2v) is 6.87. The molecule has 2 heterocycles. The molecule has 4 heteroatoms. The molecule has 1 saturated carbocycles. The van der Waals surface area contributed by atoms with Gasteiger partial charge in [-0.2, -0.15) is 0 Å². The van der Waals surface area contributed by atoms with Crippen molar-refractivity contribution in [2.24, 2.45) is 5.92 Å². The molecule has 2 aromatic heterocycles. The van der Waals surface area contributed by atoms with Crippen molar-refractivity contribution >= 4 is 17.0 Å². The van der Waals surface area contributed by atoms with Crippen LogP contribution in [-0.4, -0.2) is 16.9 Å². The largest absolute Gasteiger partial charge is 0.449 e. The van der Waals surface area contributed by atoms with Crippen LogP contribution in [0.1, 0.15) is 39.7 Å². The number of benzene rings is 1. The lowest BCUT2D eigenvalue weighted by Crippen LogP contribution is -2.27. The van der Waals surface area contributed by atoms with Crippen molar-refractivity contribution in [2.75, 3.05) is 0 Å². The summed E-state index contributed by atoms with van der Waals surface area (Å²) in [5.74, 6) is 1.24. The Bertz CT molecular complexity index is 959.